The Hall–Kier alpha value is -2.73. The van der Waals surface area contributed by atoms with Crippen molar-refractivity contribution in [2.45, 2.75) is 38.3 Å². The van der Waals surface area contributed by atoms with Gasteiger partial charge in [-0.3, -0.25) is 14.6 Å². The van der Waals surface area contributed by atoms with Crippen molar-refractivity contribution in [3.63, 3.8) is 0 Å². The van der Waals surface area contributed by atoms with Gasteiger partial charge >= 0.3 is 0 Å². The Bertz CT molecular complexity index is 907. The minimum Gasteiger partial charge on any atom is -0.391 e. The summed E-state index contributed by atoms with van der Waals surface area (Å²) < 4.78 is 0. The molecule has 0 saturated carbocycles. The van der Waals surface area contributed by atoms with E-state index in [2.05, 4.69) is 4.98 Å². The SMILES string of the molecule is Cc1ncccc1C(=O)N1CCC2(CC1)C[C@@H](O)[C@H](c1ccccc1)N(C)C2=O. The average molecular weight is 393 g/mol. The zero-order chi connectivity index (χ0) is 20.6. The maximum Gasteiger partial charge on any atom is 0.255 e. The van der Waals surface area contributed by atoms with E-state index in [0.29, 0.717) is 43.6 Å². The number of likely N-dealkylation sites (N-methyl/N-ethyl adjacent to an activating group) is 1. The molecule has 29 heavy (non-hydrogen) atoms. The lowest BCUT2D eigenvalue weighted by Gasteiger charge is -2.50. The second kappa shape index (κ2) is 7.59. The molecular formula is C23H27N3O3. The standard InChI is InChI=1S/C23H27N3O3/c1-16-18(9-6-12-24-16)21(28)26-13-10-23(11-14-26)15-19(27)20(25(2)22(23)29)17-7-4-3-5-8-17/h3-9,12,19-20,27H,10-11,13-15H2,1-2H3/t19-,20+/m1/s1. The number of hydrogen-bond donors (Lipinski definition) is 1. The van der Waals surface area contributed by atoms with Gasteiger partial charge in [0.05, 0.1) is 23.1 Å². The molecule has 2 fully saturated rings. The molecule has 3 heterocycles. The first kappa shape index (κ1) is 19.6. The smallest absolute Gasteiger partial charge is 0.255 e. The van der Waals surface area contributed by atoms with E-state index in [0.717, 1.165) is 5.56 Å². The molecule has 2 aliphatic heterocycles. The van der Waals surface area contributed by atoms with Crippen molar-refractivity contribution < 1.29 is 14.7 Å². The van der Waals surface area contributed by atoms with E-state index in [-0.39, 0.29) is 17.9 Å². The fourth-order valence-corrected chi connectivity index (χ4v) is 4.89. The maximum absolute atomic E-state index is 13.3. The molecule has 0 aliphatic carbocycles. The highest BCUT2D eigenvalue weighted by molar-refractivity contribution is 5.95. The van der Waals surface area contributed by atoms with Crippen LogP contribution < -0.4 is 0 Å². The molecule has 2 atom stereocenters. The second-order valence-corrected chi connectivity index (χ2v) is 8.25. The van der Waals surface area contributed by atoms with Gasteiger partial charge in [0.2, 0.25) is 5.91 Å². The van der Waals surface area contributed by atoms with Gasteiger partial charge in [0.1, 0.15) is 0 Å². The lowest BCUT2D eigenvalue weighted by Crippen LogP contribution is -2.58. The highest BCUT2D eigenvalue weighted by atomic mass is 16.3. The number of aryl methyl sites for hydroxylation is 1. The van der Waals surface area contributed by atoms with Crippen LogP contribution in [0.3, 0.4) is 0 Å². The van der Waals surface area contributed by atoms with Crippen LogP contribution in [-0.4, -0.2) is 57.9 Å². The summed E-state index contributed by atoms with van der Waals surface area (Å²) in [6.07, 6.45) is 2.63. The van der Waals surface area contributed by atoms with Crippen LogP contribution in [0.25, 0.3) is 0 Å². The summed E-state index contributed by atoms with van der Waals surface area (Å²) in [6.45, 7) is 2.85. The van der Waals surface area contributed by atoms with Gasteiger partial charge < -0.3 is 14.9 Å². The van der Waals surface area contributed by atoms with E-state index in [1.807, 2.05) is 37.3 Å². The highest BCUT2D eigenvalue weighted by Gasteiger charge is 2.51. The van der Waals surface area contributed by atoms with Gasteiger partial charge in [-0.1, -0.05) is 30.3 Å². The molecule has 0 unspecified atom stereocenters. The Labute approximate surface area is 171 Å². The van der Waals surface area contributed by atoms with E-state index < -0.39 is 11.5 Å². The zero-order valence-corrected chi connectivity index (χ0v) is 16.9. The fourth-order valence-electron chi connectivity index (χ4n) is 4.89. The number of carbonyl (C=O) groups excluding carboxylic acids is 2. The Morgan fingerprint density at radius 2 is 1.83 bits per heavy atom. The number of aliphatic hydroxyl groups excluding tert-OH is 1. The molecule has 1 aromatic heterocycles. The molecule has 0 radical (unpaired) electrons. The van der Waals surface area contributed by atoms with Gasteiger partial charge in [-0.15, -0.1) is 0 Å². The third-order valence-electron chi connectivity index (χ3n) is 6.54. The molecular weight excluding hydrogens is 366 g/mol. The Kier molecular flexibility index (Phi) is 5.13. The van der Waals surface area contributed by atoms with Gasteiger partial charge in [-0.05, 0) is 43.9 Å². The summed E-state index contributed by atoms with van der Waals surface area (Å²) in [7, 11) is 1.78. The lowest BCUT2D eigenvalue weighted by atomic mass is 9.68. The topological polar surface area (TPSA) is 73.7 Å². The predicted octanol–water partition coefficient (Wildman–Crippen LogP) is 2.58. The first-order chi connectivity index (χ1) is 13.9. The minimum absolute atomic E-state index is 0.0372. The van der Waals surface area contributed by atoms with Crippen molar-refractivity contribution in [3.8, 4) is 0 Å². The molecule has 2 amide bonds. The molecule has 1 aromatic carbocycles. The molecule has 6 heteroatoms. The van der Waals surface area contributed by atoms with Gasteiger partial charge in [-0.25, -0.2) is 0 Å². The van der Waals surface area contributed by atoms with Crippen molar-refractivity contribution in [2.75, 3.05) is 20.1 Å². The molecule has 152 valence electrons. The van der Waals surface area contributed by atoms with Crippen LogP contribution in [0.5, 0.6) is 0 Å². The first-order valence-electron chi connectivity index (χ1n) is 10.1. The monoisotopic (exact) mass is 393 g/mol. The molecule has 2 saturated heterocycles. The number of hydrogen-bond acceptors (Lipinski definition) is 4. The maximum atomic E-state index is 13.3. The average Bonchev–Trinajstić information content (AvgIpc) is 2.73. The number of amides is 2. The number of carbonyl (C=O) groups is 2. The minimum atomic E-state index is -0.622. The summed E-state index contributed by atoms with van der Waals surface area (Å²) in [4.78, 5) is 33.9. The van der Waals surface area contributed by atoms with Crippen molar-refractivity contribution in [3.05, 3.63) is 65.5 Å². The number of likely N-dealkylation sites (tertiary alicyclic amines) is 2. The molecule has 0 bridgehead atoms. The zero-order valence-electron chi connectivity index (χ0n) is 16.9. The van der Waals surface area contributed by atoms with E-state index in [1.54, 1.807) is 35.2 Å². The molecule has 1 N–H and O–H groups in total. The van der Waals surface area contributed by atoms with E-state index in [9.17, 15) is 14.7 Å². The third kappa shape index (κ3) is 3.42. The summed E-state index contributed by atoms with van der Waals surface area (Å²) in [5.74, 6) is 0.0334. The van der Waals surface area contributed by atoms with Crippen LogP contribution in [0.2, 0.25) is 0 Å². The van der Waals surface area contributed by atoms with Gasteiger partial charge in [0.25, 0.3) is 5.91 Å². The highest BCUT2D eigenvalue weighted by Crippen LogP contribution is 2.46. The number of benzene rings is 1. The van der Waals surface area contributed by atoms with Crippen LogP contribution >= 0.6 is 0 Å². The van der Waals surface area contributed by atoms with Crippen LogP contribution in [0, 0.1) is 12.3 Å². The van der Waals surface area contributed by atoms with Gasteiger partial charge in [0, 0.05) is 32.0 Å². The lowest BCUT2D eigenvalue weighted by molar-refractivity contribution is -0.161. The van der Waals surface area contributed by atoms with Crippen LogP contribution in [0.4, 0.5) is 0 Å². The van der Waals surface area contributed by atoms with Gasteiger partial charge in [-0.2, -0.15) is 0 Å². The largest absolute Gasteiger partial charge is 0.391 e. The van der Waals surface area contributed by atoms with Crippen LogP contribution in [0.15, 0.2) is 48.7 Å². The van der Waals surface area contributed by atoms with Crippen molar-refractivity contribution in [2.24, 2.45) is 5.41 Å². The van der Waals surface area contributed by atoms with Crippen molar-refractivity contribution >= 4 is 11.8 Å². The number of piperidine rings is 2. The number of aromatic nitrogens is 1. The number of nitrogens with zero attached hydrogens (tertiary/aromatic N) is 3. The summed E-state index contributed by atoms with van der Waals surface area (Å²) in [5, 5.41) is 10.9. The third-order valence-corrected chi connectivity index (χ3v) is 6.54. The van der Waals surface area contributed by atoms with E-state index in [4.69, 9.17) is 0 Å². The van der Waals surface area contributed by atoms with Crippen molar-refractivity contribution in [1.82, 2.24) is 14.8 Å². The number of pyridine rings is 1. The fraction of sp³-hybridized carbons (Fsp3) is 0.435. The Morgan fingerprint density at radius 1 is 1.14 bits per heavy atom. The summed E-state index contributed by atoms with van der Waals surface area (Å²) in [6, 6.07) is 12.9. The second-order valence-electron chi connectivity index (χ2n) is 8.25. The van der Waals surface area contributed by atoms with Crippen LogP contribution in [0.1, 0.15) is 46.9 Å². The van der Waals surface area contributed by atoms with E-state index >= 15 is 0 Å². The normalized spacial score (nSPS) is 24.0. The predicted molar refractivity (Wildman–Crippen MR) is 109 cm³/mol. The Morgan fingerprint density at radius 3 is 2.48 bits per heavy atom. The number of aliphatic hydroxyl groups is 1. The first-order valence-corrected chi connectivity index (χ1v) is 10.1. The van der Waals surface area contributed by atoms with E-state index in [1.165, 1.54) is 0 Å². The van der Waals surface area contributed by atoms with Gasteiger partial charge in [0.15, 0.2) is 0 Å². The van der Waals surface area contributed by atoms with Crippen molar-refractivity contribution in [1.29, 1.82) is 0 Å². The molecule has 4 rings (SSSR count). The Balaban J connectivity index is 1.49. The molecule has 2 aliphatic rings. The summed E-state index contributed by atoms with van der Waals surface area (Å²) in [5.41, 5.74) is 1.68. The van der Waals surface area contributed by atoms with Crippen LogP contribution in [-0.2, 0) is 4.79 Å². The molecule has 1 spiro atoms. The molecule has 2 aromatic rings. The summed E-state index contributed by atoms with van der Waals surface area (Å²) >= 11 is 0. The quantitative estimate of drug-likeness (QED) is 0.851. The number of rotatable bonds is 2. The molecule has 6 nitrogen and oxygen atoms in total.